The SMILES string of the molecule is COc1ccc2c(c1)O[C@@H]1c3ccc(O)cc3OC[C@]21O. The zero-order valence-corrected chi connectivity index (χ0v) is 11.4. The van der Waals surface area contributed by atoms with Crippen LogP contribution in [0.25, 0.3) is 0 Å². The van der Waals surface area contributed by atoms with Gasteiger partial charge in [-0.05, 0) is 24.3 Å². The second-order valence-corrected chi connectivity index (χ2v) is 5.30. The summed E-state index contributed by atoms with van der Waals surface area (Å²) < 4.78 is 16.7. The van der Waals surface area contributed by atoms with Crippen LogP contribution in [0.5, 0.6) is 23.0 Å². The molecule has 0 fully saturated rings. The Morgan fingerprint density at radius 3 is 2.86 bits per heavy atom. The van der Waals surface area contributed by atoms with Crippen molar-refractivity contribution in [2.75, 3.05) is 13.7 Å². The molecule has 0 saturated heterocycles. The highest BCUT2D eigenvalue weighted by Crippen LogP contribution is 2.54. The lowest BCUT2D eigenvalue weighted by Crippen LogP contribution is -2.41. The molecule has 0 amide bonds. The number of rotatable bonds is 1. The molecule has 2 heterocycles. The van der Waals surface area contributed by atoms with Crippen LogP contribution >= 0.6 is 0 Å². The first kappa shape index (κ1) is 12.3. The molecular formula is C16H14O5. The summed E-state index contributed by atoms with van der Waals surface area (Å²) in [6.07, 6.45) is -0.552. The van der Waals surface area contributed by atoms with E-state index in [1.807, 2.05) is 0 Å². The smallest absolute Gasteiger partial charge is 0.168 e. The lowest BCUT2D eigenvalue weighted by Gasteiger charge is -2.34. The maximum absolute atomic E-state index is 11.0. The fourth-order valence-corrected chi connectivity index (χ4v) is 2.98. The highest BCUT2D eigenvalue weighted by Gasteiger charge is 2.52. The van der Waals surface area contributed by atoms with Crippen LogP contribution in [0.15, 0.2) is 36.4 Å². The summed E-state index contributed by atoms with van der Waals surface area (Å²) in [5, 5.41) is 20.5. The Labute approximate surface area is 121 Å². The Bertz CT molecular complexity index is 727. The van der Waals surface area contributed by atoms with Gasteiger partial charge in [-0.2, -0.15) is 0 Å². The van der Waals surface area contributed by atoms with Gasteiger partial charge in [0.1, 0.15) is 29.6 Å². The van der Waals surface area contributed by atoms with Gasteiger partial charge in [0.15, 0.2) is 11.7 Å². The van der Waals surface area contributed by atoms with Crippen LogP contribution in [-0.4, -0.2) is 23.9 Å². The normalized spacial score (nSPS) is 25.1. The lowest BCUT2D eigenvalue weighted by molar-refractivity contribution is -0.0864. The Morgan fingerprint density at radius 1 is 1.19 bits per heavy atom. The first-order valence-electron chi connectivity index (χ1n) is 6.65. The highest BCUT2D eigenvalue weighted by atomic mass is 16.5. The third-order valence-electron chi connectivity index (χ3n) is 4.06. The van der Waals surface area contributed by atoms with Crippen molar-refractivity contribution >= 4 is 0 Å². The quantitative estimate of drug-likeness (QED) is 0.840. The van der Waals surface area contributed by atoms with E-state index < -0.39 is 11.7 Å². The van der Waals surface area contributed by atoms with E-state index in [0.717, 1.165) is 5.56 Å². The molecule has 2 aromatic carbocycles. The number of benzene rings is 2. The summed E-state index contributed by atoms with van der Waals surface area (Å²) in [4.78, 5) is 0. The molecule has 5 heteroatoms. The van der Waals surface area contributed by atoms with Gasteiger partial charge in [0, 0.05) is 23.3 Å². The third kappa shape index (κ3) is 1.61. The molecule has 2 aliphatic heterocycles. The predicted molar refractivity (Wildman–Crippen MR) is 73.9 cm³/mol. The molecule has 2 N–H and O–H groups in total. The van der Waals surface area contributed by atoms with Gasteiger partial charge >= 0.3 is 0 Å². The monoisotopic (exact) mass is 286 g/mol. The molecule has 0 radical (unpaired) electrons. The molecule has 2 aliphatic rings. The van der Waals surface area contributed by atoms with Crippen LogP contribution in [0.1, 0.15) is 17.2 Å². The first-order valence-corrected chi connectivity index (χ1v) is 6.65. The Morgan fingerprint density at radius 2 is 2.05 bits per heavy atom. The molecule has 21 heavy (non-hydrogen) atoms. The summed E-state index contributed by atoms with van der Waals surface area (Å²) in [7, 11) is 1.58. The molecule has 2 aromatic rings. The summed E-state index contributed by atoms with van der Waals surface area (Å²) in [5.74, 6) is 1.91. The average molecular weight is 286 g/mol. The van der Waals surface area contributed by atoms with Gasteiger partial charge < -0.3 is 24.4 Å². The molecule has 0 saturated carbocycles. The number of fused-ring (bicyclic) bond motifs is 5. The molecule has 4 rings (SSSR count). The van der Waals surface area contributed by atoms with E-state index in [4.69, 9.17) is 14.2 Å². The van der Waals surface area contributed by atoms with Crippen molar-refractivity contribution in [1.82, 2.24) is 0 Å². The van der Waals surface area contributed by atoms with Gasteiger partial charge in [0.25, 0.3) is 0 Å². The maximum atomic E-state index is 11.0. The van der Waals surface area contributed by atoms with Gasteiger partial charge in [-0.25, -0.2) is 0 Å². The number of aromatic hydroxyl groups is 1. The first-order chi connectivity index (χ1) is 10.1. The van der Waals surface area contributed by atoms with E-state index >= 15 is 0 Å². The van der Waals surface area contributed by atoms with E-state index in [2.05, 4.69) is 0 Å². The van der Waals surface area contributed by atoms with Crippen LogP contribution in [0.3, 0.4) is 0 Å². The number of aliphatic hydroxyl groups is 1. The highest BCUT2D eigenvalue weighted by molar-refractivity contribution is 5.53. The Hall–Kier alpha value is -2.40. The number of phenols is 1. The molecule has 0 unspecified atom stereocenters. The van der Waals surface area contributed by atoms with Crippen molar-refractivity contribution in [2.45, 2.75) is 11.7 Å². The number of hydrogen-bond donors (Lipinski definition) is 2. The van der Waals surface area contributed by atoms with Crippen LogP contribution in [0, 0.1) is 0 Å². The Kier molecular flexibility index (Phi) is 2.38. The minimum Gasteiger partial charge on any atom is -0.508 e. The van der Waals surface area contributed by atoms with E-state index in [-0.39, 0.29) is 12.4 Å². The van der Waals surface area contributed by atoms with Crippen molar-refractivity contribution in [2.24, 2.45) is 0 Å². The van der Waals surface area contributed by atoms with Crippen molar-refractivity contribution in [3.63, 3.8) is 0 Å². The number of phenolic OH excluding ortho intramolecular Hbond substituents is 1. The molecule has 0 bridgehead atoms. The van der Waals surface area contributed by atoms with E-state index in [1.165, 1.54) is 6.07 Å². The number of ether oxygens (including phenoxy) is 3. The Balaban J connectivity index is 1.84. The standard InChI is InChI=1S/C16H14O5/c1-19-10-3-5-12-14(7-10)21-15-11-4-2-9(17)6-13(11)20-8-16(12,15)18/h2-7,15,17-18H,8H2,1H3/t15-,16+/m1/s1. The largest absolute Gasteiger partial charge is 0.508 e. The average Bonchev–Trinajstić information content (AvgIpc) is 2.79. The van der Waals surface area contributed by atoms with Crippen molar-refractivity contribution in [3.05, 3.63) is 47.5 Å². The predicted octanol–water partition coefficient (Wildman–Crippen LogP) is 2.11. The van der Waals surface area contributed by atoms with Gasteiger partial charge in [0.2, 0.25) is 0 Å². The second kappa shape index (κ2) is 4.05. The molecule has 5 nitrogen and oxygen atoms in total. The summed E-state index contributed by atoms with van der Waals surface area (Å²) in [5.41, 5.74) is 0.176. The molecule has 0 spiro atoms. The minimum absolute atomic E-state index is 0.0768. The molecule has 108 valence electrons. The summed E-state index contributed by atoms with van der Waals surface area (Å²) in [6, 6.07) is 10.1. The van der Waals surface area contributed by atoms with Crippen LogP contribution in [-0.2, 0) is 5.60 Å². The number of methoxy groups -OCH3 is 1. The third-order valence-corrected chi connectivity index (χ3v) is 4.06. The van der Waals surface area contributed by atoms with Gasteiger partial charge in [-0.3, -0.25) is 0 Å². The van der Waals surface area contributed by atoms with Gasteiger partial charge in [0.05, 0.1) is 7.11 Å². The van der Waals surface area contributed by atoms with E-state index in [1.54, 1.807) is 37.4 Å². The molecule has 0 aromatic heterocycles. The summed E-state index contributed by atoms with van der Waals surface area (Å²) >= 11 is 0. The van der Waals surface area contributed by atoms with Crippen molar-refractivity contribution in [1.29, 1.82) is 0 Å². The summed E-state index contributed by atoms with van der Waals surface area (Å²) in [6.45, 7) is 0.0768. The van der Waals surface area contributed by atoms with Crippen LogP contribution < -0.4 is 14.2 Å². The zero-order valence-electron chi connectivity index (χ0n) is 11.4. The number of hydrogen-bond acceptors (Lipinski definition) is 5. The van der Waals surface area contributed by atoms with Gasteiger partial charge in [-0.15, -0.1) is 0 Å². The van der Waals surface area contributed by atoms with Crippen molar-refractivity contribution in [3.8, 4) is 23.0 Å². The zero-order chi connectivity index (χ0) is 14.6. The maximum Gasteiger partial charge on any atom is 0.168 e. The molecule has 0 aliphatic carbocycles. The lowest BCUT2D eigenvalue weighted by atomic mass is 9.85. The second-order valence-electron chi connectivity index (χ2n) is 5.30. The van der Waals surface area contributed by atoms with Crippen LogP contribution in [0.2, 0.25) is 0 Å². The van der Waals surface area contributed by atoms with E-state index in [0.29, 0.717) is 22.8 Å². The van der Waals surface area contributed by atoms with E-state index in [9.17, 15) is 10.2 Å². The van der Waals surface area contributed by atoms with Crippen molar-refractivity contribution < 1.29 is 24.4 Å². The van der Waals surface area contributed by atoms with Gasteiger partial charge in [-0.1, -0.05) is 0 Å². The fourth-order valence-electron chi connectivity index (χ4n) is 2.98. The molecule has 2 atom stereocenters. The molecular weight excluding hydrogens is 272 g/mol. The van der Waals surface area contributed by atoms with Crippen LogP contribution in [0.4, 0.5) is 0 Å². The minimum atomic E-state index is -1.23. The topological polar surface area (TPSA) is 68.2 Å². The fraction of sp³-hybridized carbons (Fsp3) is 0.250.